The fourth-order valence-electron chi connectivity index (χ4n) is 1.89. The standard InChI is InChI=1S/C15H11BrN2O2/c16-13-7-2-1-4-10(13)9-14-17-15(20-18-14)11-5-3-6-12(19)8-11/h1-8,19H,9H2. The number of benzene rings is 2. The van der Waals surface area contributed by atoms with Gasteiger partial charge in [-0.25, -0.2) is 0 Å². The molecular formula is C15H11BrN2O2. The van der Waals surface area contributed by atoms with Crippen molar-refractivity contribution in [2.45, 2.75) is 6.42 Å². The van der Waals surface area contributed by atoms with Crippen molar-refractivity contribution in [1.29, 1.82) is 0 Å². The van der Waals surface area contributed by atoms with Gasteiger partial charge in [0.05, 0.1) is 0 Å². The first kappa shape index (κ1) is 12.9. The third-order valence-electron chi connectivity index (χ3n) is 2.87. The van der Waals surface area contributed by atoms with Gasteiger partial charge < -0.3 is 9.63 Å². The molecule has 0 radical (unpaired) electrons. The van der Waals surface area contributed by atoms with Gasteiger partial charge >= 0.3 is 0 Å². The Kier molecular flexibility index (Phi) is 3.52. The molecule has 0 saturated carbocycles. The van der Waals surface area contributed by atoms with Gasteiger partial charge in [0.1, 0.15) is 5.75 Å². The predicted molar refractivity (Wildman–Crippen MR) is 78.3 cm³/mol. The molecule has 5 heteroatoms. The van der Waals surface area contributed by atoms with Crippen LogP contribution < -0.4 is 0 Å². The number of hydrogen-bond donors (Lipinski definition) is 1. The van der Waals surface area contributed by atoms with E-state index in [0.29, 0.717) is 23.7 Å². The van der Waals surface area contributed by atoms with E-state index >= 15 is 0 Å². The minimum Gasteiger partial charge on any atom is -0.508 e. The van der Waals surface area contributed by atoms with Crippen molar-refractivity contribution in [2.24, 2.45) is 0 Å². The number of phenolic OH excluding ortho intramolecular Hbond substituents is 1. The van der Waals surface area contributed by atoms with Crippen molar-refractivity contribution in [3.8, 4) is 17.2 Å². The number of rotatable bonds is 3. The predicted octanol–water partition coefficient (Wildman–Crippen LogP) is 3.80. The molecule has 100 valence electrons. The molecule has 0 saturated heterocycles. The van der Waals surface area contributed by atoms with Crippen LogP contribution in [0.4, 0.5) is 0 Å². The third-order valence-corrected chi connectivity index (χ3v) is 3.64. The van der Waals surface area contributed by atoms with E-state index in [4.69, 9.17) is 4.52 Å². The highest BCUT2D eigenvalue weighted by atomic mass is 79.9. The number of aromatic hydroxyl groups is 1. The summed E-state index contributed by atoms with van der Waals surface area (Å²) < 4.78 is 6.25. The molecule has 2 aromatic carbocycles. The number of nitrogens with zero attached hydrogens (tertiary/aromatic N) is 2. The van der Waals surface area contributed by atoms with E-state index in [1.165, 1.54) is 0 Å². The highest BCUT2D eigenvalue weighted by Crippen LogP contribution is 2.23. The molecule has 1 aromatic heterocycles. The maximum Gasteiger partial charge on any atom is 0.258 e. The topological polar surface area (TPSA) is 59.2 Å². The Morgan fingerprint density at radius 2 is 1.95 bits per heavy atom. The summed E-state index contributed by atoms with van der Waals surface area (Å²) in [6, 6.07) is 14.7. The first-order valence-corrected chi connectivity index (χ1v) is 6.87. The second kappa shape index (κ2) is 5.46. The van der Waals surface area contributed by atoms with Crippen molar-refractivity contribution in [1.82, 2.24) is 10.1 Å². The lowest BCUT2D eigenvalue weighted by atomic mass is 10.1. The summed E-state index contributed by atoms with van der Waals surface area (Å²) in [7, 11) is 0. The smallest absolute Gasteiger partial charge is 0.258 e. The number of phenols is 1. The highest BCUT2D eigenvalue weighted by Gasteiger charge is 2.10. The molecule has 0 amide bonds. The fraction of sp³-hybridized carbons (Fsp3) is 0.0667. The minimum atomic E-state index is 0.174. The Bertz CT molecular complexity index is 740. The second-order valence-electron chi connectivity index (χ2n) is 4.33. The summed E-state index contributed by atoms with van der Waals surface area (Å²) in [6.07, 6.45) is 0.587. The summed E-state index contributed by atoms with van der Waals surface area (Å²) in [4.78, 5) is 4.35. The summed E-state index contributed by atoms with van der Waals surface area (Å²) in [5, 5.41) is 13.4. The normalized spacial score (nSPS) is 10.7. The van der Waals surface area contributed by atoms with Crippen LogP contribution in [0.3, 0.4) is 0 Å². The molecule has 0 aliphatic rings. The molecule has 0 aliphatic heterocycles. The van der Waals surface area contributed by atoms with E-state index in [9.17, 15) is 5.11 Å². The summed E-state index contributed by atoms with van der Waals surface area (Å²) in [5.74, 6) is 1.19. The maximum absolute atomic E-state index is 9.46. The van der Waals surface area contributed by atoms with Crippen LogP contribution in [0.2, 0.25) is 0 Å². The molecular weight excluding hydrogens is 320 g/mol. The largest absolute Gasteiger partial charge is 0.508 e. The summed E-state index contributed by atoms with van der Waals surface area (Å²) in [6.45, 7) is 0. The Morgan fingerprint density at radius 3 is 2.75 bits per heavy atom. The zero-order valence-electron chi connectivity index (χ0n) is 10.5. The lowest BCUT2D eigenvalue weighted by Gasteiger charge is -1.99. The van der Waals surface area contributed by atoms with Crippen LogP contribution in [0, 0.1) is 0 Å². The average molecular weight is 331 g/mol. The lowest BCUT2D eigenvalue weighted by Crippen LogP contribution is -1.91. The Morgan fingerprint density at radius 1 is 1.10 bits per heavy atom. The van der Waals surface area contributed by atoms with Gasteiger partial charge in [-0.3, -0.25) is 0 Å². The molecule has 0 aliphatic carbocycles. The molecule has 4 nitrogen and oxygen atoms in total. The van der Waals surface area contributed by atoms with Gasteiger partial charge in [-0.05, 0) is 29.8 Å². The molecule has 0 fully saturated rings. The third kappa shape index (κ3) is 2.72. The lowest BCUT2D eigenvalue weighted by molar-refractivity contribution is 0.423. The SMILES string of the molecule is Oc1cccc(-c2nc(Cc3ccccc3Br)no2)c1. The van der Waals surface area contributed by atoms with Gasteiger partial charge in [0, 0.05) is 16.5 Å². The number of halogens is 1. The van der Waals surface area contributed by atoms with Crippen molar-refractivity contribution >= 4 is 15.9 Å². The van der Waals surface area contributed by atoms with Crippen LogP contribution in [0.15, 0.2) is 57.5 Å². The van der Waals surface area contributed by atoms with Crippen LogP contribution in [0.25, 0.3) is 11.5 Å². The van der Waals surface area contributed by atoms with Gasteiger partial charge in [-0.15, -0.1) is 0 Å². The molecule has 3 aromatic rings. The number of hydrogen-bond acceptors (Lipinski definition) is 4. The van der Waals surface area contributed by atoms with Crippen molar-refractivity contribution in [2.75, 3.05) is 0 Å². The molecule has 0 unspecified atom stereocenters. The van der Waals surface area contributed by atoms with Crippen molar-refractivity contribution in [3.63, 3.8) is 0 Å². The van der Waals surface area contributed by atoms with Gasteiger partial charge in [-0.2, -0.15) is 4.98 Å². The van der Waals surface area contributed by atoms with E-state index < -0.39 is 0 Å². The molecule has 0 bridgehead atoms. The van der Waals surface area contributed by atoms with E-state index in [-0.39, 0.29) is 5.75 Å². The molecule has 0 atom stereocenters. The Labute approximate surface area is 124 Å². The van der Waals surface area contributed by atoms with Crippen LogP contribution in [-0.4, -0.2) is 15.2 Å². The van der Waals surface area contributed by atoms with Crippen LogP contribution >= 0.6 is 15.9 Å². The molecule has 1 N–H and O–H groups in total. The summed E-state index contributed by atoms with van der Waals surface area (Å²) in [5.41, 5.74) is 1.80. The van der Waals surface area contributed by atoms with E-state index in [1.54, 1.807) is 18.2 Å². The molecule has 3 rings (SSSR count). The fourth-order valence-corrected chi connectivity index (χ4v) is 2.32. The van der Waals surface area contributed by atoms with Gasteiger partial charge in [0.25, 0.3) is 5.89 Å². The van der Waals surface area contributed by atoms with Crippen LogP contribution in [0.5, 0.6) is 5.75 Å². The quantitative estimate of drug-likeness (QED) is 0.793. The van der Waals surface area contributed by atoms with Gasteiger partial charge in [0.2, 0.25) is 0 Å². The monoisotopic (exact) mass is 330 g/mol. The molecule has 1 heterocycles. The van der Waals surface area contributed by atoms with Crippen LogP contribution in [-0.2, 0) is 6.42 Å². The van der Waals surface area contributed by atoms with E-state index in [0.717, 1.165) is 10.0 Å². The first-order chi connectivity index (χ1) is 9.72. The Balaban J connectivity index is 1.86. The Hall–Kier alpha value is -2.14. The van der Waals surface area contributed by atoms with E-state index in [1.807, 2.05) is 30.3 Å². The zero-order valence-corrected chi connectivity index (χ0v) is 12.0. The van der Waals surface area contributed by atoms with Crippen LogP contribution in [0.1, 0.15) is 11.4 Å². The van der Waals surface area contributed by atoms with Gasteiger partial charge in [-0.1, -0.05) is 45.4 Å². The highest BCUT2D eigenvalue weighted by molar-refractivity contribution is 9.10. The second-order valence-corrected chi connectivity index (χ2v) is 5.19. The average Bonchev–Trinajstić information content (AvgIpc) is 2.90. The van der Waals surface area contributed by atoms with Crippen molar-refractivity contribution in [3.05, 3.63) is 64.4 Å². The number of aromatic nitrogens is 2. The zero-order chi connectivity index (χ0) is 13.9. The molecule has 20 heavy (non-hydrogen) atoms. The molecule has 0 spiro atoms. The van der Waals surface area contributed by atoms with E-state index in [2.05, 4.69) is 26.1 Å². The van der Waals surface area contributed by atoms with Crippen molar-refractivity contribution < 1.29 is 9.63 Å². The first-order valence-electron chi connectivity index (χ1n) is 6.08. The maximum atomic E-state index is 9.46. The summed E-state index contributed by atoms with van der Waals surface area (Å²) >= 11 is 3.50. The minimum absolute atomic E-state index is 0.174. The van der Waals surface area contributed by atoms with Gasteiger partial charge in [0.15, 0.2) is 5.82 Å².